The Labute approximate surface area is 119 Å². The van der Waals surface area contributed by atoms with Crippen molar-refractivity contribution >= 4 is 21.9 Å². The van der Waals surface area contributed by atoms with Gasteiger partial charge in [0.05, 0.1) is 0 Å². The van der Waals surface area contributed by atoms with Gasteiger partial charge in [-0.15, -0.1) is 0 Å². The van der Waals surface area contributed by atoms with Gasteiger partial charge in [0.25, 0.3) is 0 Å². The van der Waals surface area contributed by atoms with Gasteiger partial charge in [-0.05, 0) is 60.0 Å². The number of pyridine rings is 1. The van der Waals surface area contributed by atoms with E-state index in [0.717, 1.165) is 46.9 Å². The highest BCUT2D eigenvalue weighted by atomic mass is 32.2. The molecule has 1 saturated carbocycles. The number of hydrogen-bond acceptors (Lipinski definition) is 4. The molecule has 0 amide bonds. The molecule has 0 spiro atoms. The normalized spacial score (nSPS) is 23.0. The lowest BCUT2D eigenvalue weighted by Gasteiger charge is -2.15. The maximum Gasteiger partial charge on any atom is 0.0441 e. The second kappa shape index (κ2) is 4.35. The summed E-state index contributed by atoms with van der Waals surface area (Å²) in [7, 11) is 0. The molecule has 2 N–H and O–H groups in total. The molecular formula is C15H15N2O2S-. The van der Waals surface area contributed by atoms with Crippen LogP contribution in [0, 0.1) is 0 Å². The smallest absolute Gasteiger partial charge is 0.0441 e. The summed E-state index contributed by atoms with van der Waals surface area (Å²) in [6.07, 6.45) is 5.52. The van der Waals surface area contributed by atoms with Gasteiger partial charge in [-0.2, -0.15) is 0 Å². The lowest BCUT2D eigenvalue weighted by atomic mass is 10.0. The monoisotopic (exact) mass is 287 g/mol. The van der Waals surface area contributed by atoms with Gasteiger partial charge >= 0.3 is 0 Å². The van der Waals surface area contributed by atoms with E-state index in [1.54, 1.807) is 0 Å². The zero-order valence-electron chi connectivity index (χ0n) is 11.0. The highest BCUT2D eigenvalue weighted by Gasteiger charge is 2.27. The standard InChI is InChI=1S/C15H16N2O2S/c16-11-4-9-3-10-7-17-14(8-1-2-8)6-13(10)15(20(18)19)12(9)5-11/h3,6-8,11H,1-2,4-5,16H2,(H,18,19)/p-1. The van der Waals surface area contributed by atoms with Gasteiger partial charge in [0.2, 0.25) is 0 Å². The van der Waals surface area contributed by atoms with Crippen LogP contribution in [-0.2, 0) is 23.9 Å². The number of hydrogen-bond donors (Lipinski definition) is 1. The fourth-order valence-electron chi connectivity index (χ4n) is 3.19. The minimum absolute atomic E-state index is 0.0278. The van der Waals surface area contributed by atoms with E-state index in [0.29, 0.717) is 17.2 Å². The average molecular weight is 287 g/mol. The first kappa shape index (κ1) is 12.4. The van der Waals surface area contributed by atoms with Crippen LogP contribution in [0.15, 0.2) is 23.2 Å². The molecule has 2 aliphatic rings. The quantitative estimate of drug-likeness (QED) is 0.854. The van der Waals surface area contributed by atoms with Crippen molar-refractivity contribution in [3.63, 3.8) is 0 Å². The number of benzene rings is 1. The molecule has 104 valence electrons. The van der Waals surface area contributed by atoms with E-state index < -0.39 is 11.1 Å². The summed E-state index contributed by atoms with van der Waals surface area (Å²) in [5.74, 6) is 0.517. The van der Waals surface area contributed by atoms with Crippen molar-refractivity contribution in [1.29, 1.82) is 0 Å². The van der Waals surface area contributed by atoms with Gasteiger partial charge in [0.15, 0.2) is 0 Å². The molecule has 2 atom stereocenters. The van der Waals surface area contributed by atoms with Crippen LogP contribution >= 0.6 is 0 Å². The molecular weight excluding hydrogens is 272 g/mol. The molecule has 1 aromatic heterocycles. The Hall–Kier alpha value is -1.30. The molecule has 1 heterocycles. The van der Waals surface area contributed by atoms with Crippen LogP contribution in [0.4, 0.5) is 0 Å². The summed E-state index contributed by atoms with van der Waals surface area (Å²) in [5.41, 5.74) is 8.98. The van der Waals surface area contributed by atoms with Crippen molar-refractivity contribution in [3.05, 3.63) is 35.2 Å². The third kappa shape index (κ3) is 1.89. The molecule has 4 rings (SSSR count). The van der Waals surface area contributed by atoms with Crippen LogP contribution < -0.4 is 5.73 Å². The van der Waals surface area contributed by atoms with Crippen molar-refractivity contribution in [2.24, 2.45) is 5.73 Å². The van der Waals surface area contributed by atoms with Crippen LogP contribution in [0.5, 0.6) is 0 Å². The van der Waals surface area contributed by atoms with E-state index in [1.807, 2.05) is 12.3 Å². The van der Waals surface area contributed by atoms with Crippen LogP contribution in [0.1, 0.15) is 35.6 Å². The van der Waals surface area contributed by atoms with E-state index in [1.165, 1.54) is 0 Å². The molecule has 1 fully saturated rings. The van der Waals surface area contributed by atoms with E-state index in [-0.39, 0.29) is 6.04 Å². The SMILES string of the molecule is NC1Cc2cc3cnc(C4CC4)cc3c(S(=O)[O-])c2C1. The summed E-state index contributed by atoms with van der Waals surface area (Å²) >= 11 is -2.23. The summed E-state index contributed by atoms with van der Waals surface area (Å²) in [6.45, 7) is 0. The Morgan fingerprint density at radius 3 is 2.80 bits per heavy atom. The zero-order valence-corrected chi connectivity index (χ0v) is 11.8. The largest absolute Gasteiger partial charge is 0.768 e. The molecule has 0 bridgehead atoms. The Balaban J connectivity index is 2.01. The van der Waals surface area contributed by atoms with Gasteiger partial charge in [-0.1, -0.05) is 0 Å². The Bertz CT molecular complexity index is 740. The first-order chi connectivity index (χ1) is 9.63. The highest BCUT2D eigenvalue weighted by molar-refractivity contribution is 7.79. The third-order valence-corrected chi connectivity index (χ3v) is 5.10. The number of fused-ring (bicyclic) bond motifs is 2. The van der Waals surface area contributed by atoms with Crippen LogP contribution in [0.2, 0.25) is 0 Å². The van der Waals surface area contributed by atoms with Crippen LogP contribution in [0.3, 0.4) is 0 Å². The van der Waals surface area contributed by atoms with Crippen molar-refractivity contribution in [2.75, 3.05) is 0 Å². The number of aromatic nitrogens is 1. The lowest BCUT2D eigenvalue weighted by Crippen LogP contribution is -2.19. The van der Waals surface area contributed by atoms with E-state index in [9.17, 15) is 8.76 Å². The second-order valence-corrected chi connectivity index (χ2v) is 6.73. The second-order valence-electron chi connectivity index (χ2n) is 5.85. The van der Waals surface area contributed by atoms with Gasteiger partial charge in [0.1, 0.15) is 0 Å². The van der Waals surface area contributed by atoms with E-state index >= 15 is 0 Å². The molecule has 2 unspecified atom stereocenters. The highest BCUT2D eigenvalue weighted by Crippen LogP contribution is 2.41. The minimum atomic E-state index is -2.23. The third-order valence-electron chi connectivity index (χ3n) is 4.30. The fourth-order valence-corrected chi connectivity index (χ4v) is 3.96. The number of rotatable bonds is 2. The topological polar surface area (TPSA) is 79.0 Å². The minimum Gasteiger partial charge on any atom is -0.768 e. The maximum absolute atomic E-state index is 11.7. The van der Waals surface area contributed by atoms with Gasteiger partial charge in [0, 0.05) is 39.5 Å². The Morgan fingerprint density at radius 2 is 2.10 bits per heavy atom. The summed E-state index contributed by atoms with van der Waals surface area (Å²) < 4.78 is 23.4. The van der Waals surface area contributed by atoms with E-state index in [4.69, 9.17) is 5.73 Å². The molecule has 2 aliphatic carbocycles. The van der Waals surface area contributed by atoms with Crippen LogP contribution in [-0.4, -0.2) is 19.8 Å². The molecule has 4 nitrogen and oxygen atoms in total. The first-order valence-electron chi connectivity index (χ1n) is 6.92. The average Bonchev–Trinajstić information content (AvgIpc) is 3.17. The summed E-state index contributed by atoms with van der Waals surface area (Å²) in [6, 6.07) is 4.04. The van der Waals surface area contributed by atoms with Gasteiger partial charge < -0.3 is 10.3 Å². The van der Waals surface area contributed by atoms with Crippen molar-refractivity contribution in [2.45, 2.75) is 42.5 Å². The van der Waals surface area contributed by atoms with Crippen molar-refractivity contribution in [3.8, 4) is 0 Å². The van der Waals surface area contributed by atoms with Crippen LogP contribution in [0.25, 0.3) is 10.8 Å². The molecule has 5 heteroatoms. The van der Waals surface area contributed by atoms with Gasteiger partial charge in [-0.3, -0.25) is 9.19 Å². The molecule has 2 aromatic rings. The molecule has 0 saturated heterocycles. The Kier molecular flexibility index (Phi) is 2.70. The molecule has 20 heavy (non-hydrogen) atoms. The molecule has 1 aromatic carbocycles. The molecule has 0 aliphatic heterocycles. The summed E-state index contributed by atoms with van der Waals surface area (Å²) in [5, 5.41) is 1.71. The number of nitrogens with two attached hydrogens (primary N) is 1. The maximum atomic E-state index is 11.7. The summed E-state index contributed by atoms with van der Waals surface area (Å²) in [4.78, 5) is 4.92. The number of nitrogens with zero attached hydrogens (tertiary/aromatic N) is 1. The Morgan fingerprint density at radius 1 is 1.30 bits per heavy atom. The van der Waals surface area contributed by atoms with E-state index in [2.05, 4.69) is 11.1 Å². The predicted octanol–water partition coefficient (Wildman–Crippen LogP) is 1.78. The van der Waals surface area contributed by atoms with Crippen molar-refractivity contribution < 1.29 is 8.76 Å². The predicted molar refractivity (Wildman–Crippen MR) is 76.3 cm³/mol. The van der Waals surface area contributed by atoms with Crippen molar-refractivity contribution in [1.82, 2.24) is 4.98 Å². The zero-order chi connectivity index (χ0) is 13.9. The fraction of sp³-hybridized carbons (Fsp3) is 0.400. The molecule has 0 radical (unpaired) electrons. The first-order valence-corrected chi connectivity index (χ1v) is 8.00. The lowest BCUT2D eigenvalue weighted by molar-refractivity contribution is 0.537. The van der Waals surface area contributed by atoms with Gasteiger partial charge in [-0.25, -0.2) is 0 Å².